The fourth-order valence-electron chi connectivity index (χ4n) is 1.73. The van der Waals surface area contributed by atoms with Gasteiger partial charge in [0.15, 0.2) is 0 Å². The van der Waals surface area contributed by atoms with Crippen LogP contribution >= 0.6 is 0 Å². The Morgan fingerprint density at radius 2 is 1.89 bits per heavy atom. The van der Waals surface area contributed by atoms with Gasteiger partial charge in [-0.2, -0.15) is 0 Å². The summed E-state index contributed by atoms with van der Waals surface area (Å²) in [5.41, 5.74) is 1.32. The second kappa shape index (κ2) is 7.75. The molecule has 3 heteroatoms. The van der Waals surface area contributed by atoms with Crippen molar-refractivity contribution in [2.45, 2.75) is 45.6 Å². The van der Waals surface area contributed by atoms with Gasteiger partial charge >= 0.3 is 6.03 Å². The molecular weight excluding hydrogens is 224 g/mol. The van der Waals surface area contributed by atoms with Crippen molar-refractivity contribution < 1.29 is 4.79 Å². The standard InChI is InChI=1S/C15H24N2O/c1-4-13(3)17-15(18)16-11-10-12(2)14-8-6-5-7-9-14/h5-9,12-13H,4,10-11H2,1-3H3,(H2,16,17,18). The molecule has 0 radical (unpaired) electrons. The van der Waals surface area contributed by atoms with Crippen molar-refractivity contribution in [2.24, 2.45) is 0 Å². The van der Waals surface area contributed by atoms with Crippen molar-refractivity contribution >= 4 is 6.03 Å². The number of rotatable bonds is 6. The van der Waals surface area contributed by atoms with E-state index in [-0.39, 0.29) is 12.1 Å². The highest BCUT2D eigenvalue weighted by molar-refractivity contribution is 5.74. The summed E-state index contributed by atoms with van der Waals surface area (Å²) >= 11 is 0. The van der Waals surface area contributed by atoms with E-state index in [2.05, 4.69) is 48.7 Å². The Hall–Kier alpha value is -1.51. The van der Waals surface area contributed by atoms with Crippen LogP contribution < -0.4 is 10.6 Å². The molecule has 0 fully saturated rings. The molecule has 2 unspecified atom stereocenters. The average Bonchev–Trinajstić information content (AvgIpc) is 2.39. The van der Waals surface area contributed by atoms with Crippen LogP contribution in [0.3, 0.4) is 0 Å². The van der Waals surface area contributed by atoms with Crippen molar-refractivity contribution in [1.82, 2.24) is 10.6 Å². The maximum atomic E-state index is 11.5. The Balaban J connectivity index is 2.23. The predicted molar refractivity (Wildman–Crippen MR) is 75.8 cm³/mol. The highest BCUT2D eigenvalue weighted by Gasteiger charge is 2.07. The van der Waals surface area contributed by atoms with E-state index >= 15 is 0 Å². The Morgan fingerprint density at radius 1 is 1.22 bits per heavy atom. The first kappa shape index (κ1) is 14.6. The SMILES string of the molecule is CCC(C)NC(=O)NCCC(C)c1ccccc1. The molecule has 0 saturated heterocycles. The van der Waals surface area contributed by atoms with Crippen LogP contribution in [0.2, 0.25) is 0 Å². The maximum Gasteiger partial charge on any atom is 0.314 e. The zero-order chi connectivity index (χ0) is 13.4. The van der Waals surface area contributed by atoms with Crippen LogP contribution in [-0.2, 0) is 0 Å². The third-order valence-electron chi connectivity index (χ3n) is 3.22. The van der Waals surface area contributed by atoms with Crippen LogP contribution in [0.1, 0.15) is 45.1 Å². The van der Waals surface area contributed by atoms with E-state index in [0.717, 1.165) is 12.8 Å². The van der Waals surface area contributed by atoms with Gasteiger partial charge in [0.25, 0.3) is 0 Å². The van der Waals surface area contributed by atoms with Crippen LogP contribution in [0.15, 0.2) is 30.3 Å². The number of nitrogens with one attached hydrogen (secondary N) is 2. The molecule has 0 aliphatic heterocycles. The van der Waals surface area contributed by atoms with Crippen molar-refractivity contribution in [3.05, 3.63) is 35.9 Å². The Bertz CT molecular complexity index is 351. The summed E-state index contributed by atoms with van der Waals surface area (Å²) in [6, 6.07) is 10.5. The molecule has 100 valence electrons. The van der Waals surface area contributed by atoms with E-state index < -0.39 is 0 Å². The smallest absolute Gasteiger partial charge is 0.314 e. The second-order valence-electron chi connectivity index (χ2n) is 4.81. The van der Waals surface area contributed by atoms with Gasteiger partial charge in [0.2, 0.25) is 0 Å². The summed E-state index contributed by atoms with van der Waals surface area (Å²) in [5.74, 6) is 0.468. The third kappa shape index (κ3) is 5.21. The second-order valence-corrected chi connectivity index (χ2v) is 4.81. The van der Waals surface area contributed by atoms with Crippen molar-refractivity contribution in [2.75, 3.05) is 6.54 Å². The first-order valence-corrected chi connectivity index (χ1v) is 6.72. The van der Waals surface area contributed by atoms with Gasteiger partial charge in [0.1, 0.15) is 0 Å². The van der Waals surface area contributed by atoms with E-state index in [4.69, 9.17) is 0 Å². The van der Waals surface area contributed by atoms with Crippen LogP contribution in [-0.4, -0.2) is 18.6 Å². The minimum absolute atomic E-state index is 0.0652. The van der Waals surface area contributed by atoms with Crippen LogP contribution in [0.4, 0.5) is 4.79 Å². The maximum absolute atomic E-state index is 11.5. The molecule has 18 heavy (non-hydrogen) atoms. The number of amides is 2. The molecule has 1 rings (SSSR count). The summed E-state index contributed by atoms with van der Waals surface area (Å²) in [6.07, 6.45) is 1.91. The minimum Gasteiger partial charge on any atom is -0.338 e. The highest BCUT2D eigenvalue weighted by atomic mass is 16.2. The zero-order valence-corrected chi connectivity index (χ0v) is 11.6. The van der Waals surface area contributed by atoms with Crippen molar-refractivity contribution in [1.29, 1.82) is 0 Å². The number of hydrogen-bond donors (Lipinski definition) is 2. The lowest BCUT2D eigenvalue weighted by atomic mass is 9.98. The summed E-state index contributed by atoms with van der Waals surface area (Å²) in [7, 11) is 0. The first-order chi connectivity index (χ1) is 8.63. The Kier molecular flexibility index (Phi) is 6.26. The van der Waals surface area contributed by atoms with Crippen molar-refractivity contribution in [3.63, 3.8) is 0 Å². The largest absolute Gasteiger partial charge is 0.338 e. The molecule has 1 aromatic rings. The lowest BCUT2D eigenvalue weighted by Crippen LogP contribution is -2.41. The number of carbonyl (C=O) groups excluding carboxylic acids is 1. The molecule has 0 spiro atoms. The van der Waals surface area contributed by atoms with Crippen LogP contribution in [0.25, 0.3) is 0 Å². The quantitative estimate of drug-likeness (QED) is 0.797. The molecule has 1 aromatic carbocycles. The molecule has 0 heterocycles. The molecule has 3 nitrogen and oxygen atoms in total. The summed E-state index contributed by atoms with van der Waals surface area (Å²) in [4.78, 5) is 11.5. The molecule has 2 N–H and O–H groups in total. The van der Waals surface area contributed by atoms with Gasteiger partial charge in [-0.3, -0.25) is 0 Å². The molecule has 2 amide bonds. The fourth-order valence-corrected chi connectivity index (χ4v) is 1.73. The summed E-state index contributed by atoms with van der Waals surface area (Å²) in [5, 5.41) is 5.79. The summed E-state index contributed by atoms with van der Waals surface area (Å²) < 4.78 is 0. The van der Waals surface area contributed by atoms with E-state index in [9.17, 15) is 4.79 Å². The first-order valence-electron chi connectivity index (χ1n) is 6.72. The van der Waals surface area contributed by atoms with Crippen LogP contribution in [0.5, 0.6) is 0 Å². The van der Waals surface area contributed by atoms with E-state index in [1.54, 1.807) is 0 Å². The topological polar surface area (TPSA) is 41.1 Å². The highest BCUT2D eigenvalue weighted by Crippen LogP contribution is 2.17. The predicted octanol–water partition coefficient (Wildman–Crippen LogP) is 3.28. The Morgan fingerprint density at radius 3 is 2.50 bits per heavy atom. The van der Waals surface area contributed by atoms with Gasteiger partial charge in [0.05, 0.1) is 0 Å². The van der Waals surface area contributed by atoms with Gasteiger partial charge in [-0.05, 0) is 31.2 Å². The van der Waals surface area contributed by atoms with Gasteiger partial charge in [-0.15, -0.1) is 0 Å². The summed E-state index contributed by atoms with van der Waals surface area (Å²) in [6.45, 7) is 6.95. The van der Waals surface area contributed by atoms with Crippen molar-refractivity contribution in [3.8, 4) is 0 Å². The Labute approximate surface area is 110 Å². The molecule has 0 aliphatic rings. The number of hydrogen-bond acceptors (Lipinski definition) is 1. The lowest BCUT2D eigenvalue weighted by Gasteiger charge is -2.15. The normalized spacial score (nSPS) is 13.7. The van der Waals surface area contributed by atoms with E-state index in [1.165, 1.54) is 5.56 Å². The molecule has 0 aliphatic carbocycles. The lowest BCUT2D eigenvalue weighted by molar-refractivity contribution is 0.237. The minimum atomic E-state index is -0.0652. The molecular formula is C15H24N2O. The van der Waals surface area contributed by atoms with E-state index in [0.29, 0.717) is 12.5 Å². The van der Waals surface area contributed by atoms with Crippen LogP contribution in [0, 0.1) is 0 Å². The third-order valence-corrected chi connectivity index (χ3v) is 3.22. The van der Waals surface area contributed by atoms with Gasteiger partial charge < -0.3 is 10.6 Å². The van der Waals surface area contributed by atoms with Gasteiger partial charge in [-0.25, -0.2) is 4.79 Å². The number of benzene rings is 1. The van der Waals surface area contributed by atoms with Gasteiger partial charge in [-0.1, -0.05) is 44.2 Å². The van der Waals surface area contributed by atoms with Gasteiger partial charge in [0, 0.05) is 12.6 Å². The molecule has 2 atom stereocenters. The average molecular weight is 248 g/mol. The fraction of sp³-hybridized carbons (Fsp3) is 0.533. The molecule has 0 bridgehead atoms. The monoisotopic (exact) mass is 248 g/mol. The number of urea groups is 1. The van der Waals surface area contributed by atoms with E-state index in [1.807, 2.05) is 13.0 Å². The molecule has 0 saturated carbocycles. The molecule has 0 aromatic heterocycles. The number of carbonyl (C=O) groups is 1. The zero-order valence-electron chi connectivity index (χ0n) is 11.6.